The van der Waals surface area contributed by atoms with E-state index in [0.29, 0.717) is 0 Å². The molecule has 0 saturated heterocycles. The summed E-state index contributed by atoms with van der Waals surface area (Å²) in [7, 11) is 0. The maximum atomic E-state index is 11.9. The number of aliphatic hydroxyl groups is 4. The van der Waals surface area contributed by atoms with Crippen LogP contribution >= 0.6 is 0 Å². The molecule has 1 unspecified atom stereocenters. The summed E-state index contributed by atoms with van der Waals surface area (Å²) in [6.07, 6.45) is 4.41. The van der Waals surface area contributed by atoms with Gasteiger partial charge in [0.2, 0.25) is 0 Å². The lowest BCUT2D eigenvalue weighted by molar-refractivity contribution is -0.165. The summed E-state index contributed by atoms with van der Waals surface area (Å²) in [5.74, 6) is -2.50. The molecule has 4 N–H and O–H groups in total. The van der Waals surface area contributed by atoms with E-state index in [9.17, 15) is 9.59 Å². The van der Waals surface area contributed by atoms with E-state index in [1.807, 2.05) is 0 Å². The fourth-order valence-corrected chi connectivity index (χ4v) is 1.85. The van der Waals surface area contributed by atoms with Gasteiger partial charge in [-0.3, -0.25) is 9.59 Å². The van der Waals surface area contributed by atoms with Crippen LogP contribution in [0.3, 0.4) is 0 Å². The summed E-state index contributed by atoms with van der Waals surface area (Å²) in [5.41, 5.74) is 0. The first-order chi connectivity index (χ1) is 11.4. The smallest absolute Gasteiger partial charge is 0.313 e. The van der Waals surface area contributed by atoms with Crippen LogP contribution in [0.15, 0.2) is 12.2 Å². The van der Waals surface area contributed by atoms with Gasteiger partial charge >= 0.3 is 11.9 Å². The van der Waals surface area contributed by atoms with Crippen molar-refractivity contribution >= 4 is 11.9 Å². The number of ether oxygens (including phenoxy) is 2. The van der Waals surface area contributed by atoms with Crippen LogP contribution in [0.4, 0.5) is 0 Å². The Balaban J connectivity index is 4.49. The van der Waals surface area contributed by atoms with Gasteiger partial charge in [0.25, 0.3) is 0 Å². The predicted octanol–water partition coefficient (Wildman–Crippen LogP) is 0.227. The van der Waals surface area contributed by atoms with Crippen molar-refractivity contribution in [2.75, 3.05) is 13.2 Å². The molecule has 0 heterocycles. The van der Waals surface area contributed by atoms with Crippen LogP contribution in [0, 0.1) is 5.92 Å². The van der Waals surface area contributed by atoms with Crippen LogP contribution in [0.2, 0.25) is 0 Å². The largest absolute Gasteiger partial charge is 0.460 e. The van der Waals surface area contributed by atoms with Crippen molar-refractivity contribution in [1.29, 1.82) is 0 Å². The van der Waals surface area contributed by atoms with Crippen molar-refractivity contribution in [3.05, 3.63) is 12.2 Å². The Morgan fingerprint density at radius 2 is 1.58 bits per heavy atom. The molecule has 0 aliphatic carbocycles. The number of hydrogen-bond acceptors (Lipinski definition) is 8. The third kappa shape index (κ3) is 13.0. The van der Waals surface area contributed by atoms with Crippen LogP contribution in [0.1, 0.15) is 45.4 Å². The number of rotatable bonds is 13. The molecule has 0 amide bonds. The van der Waals surface area contributed by atoms with E-state index in [0.717, 1.165) is 32.1 Å². The molecule has 1 atom stereocenters. The number of unbranched alkanes of at least 4 members (excludes halogenated alkanes) is 4. The molecule has 0 aliphatic rings. The fraction of sp³-hybridized carbons (Fsp3) is 0.750. The second-order valence-corrected chi connectivity index (χ2v) is 5.36. The second kappa shape index (κ2) is 13.9. The van der Waals surface area contributed by atoms with Crippen molar-refractivity contribution < 1.29 is 39.5 Å². The van der Waals surface area contributed by atoms with Gasteiger partial charge in [0, 0.05) is 0 Å². The monoisotopic (exact) mass is 348 g/mol. The number of aliphatic hydroxyl groups excluding tert-OH is 2. The Morgan fingerprint density at radius 1 is 0.958 bits per heavy atom. The first kappa shape index (κ1) is 22.5. The molecule has 0 aromatic heterocycles. The second-order valence-electron chi connectivity index (χ2n) is 5.36. The van der Waals surface area contributed by atoms with Crippen LogP contribution in [0.5, 0.6) is 0 Å². The third-order valence-corrected chi connectivity index (χ3v) is 3.05. The zero-order valence-corrected chi connectivity index (χ0v) is 14.0. The Hall–Kier alpha value is -1.48. The number of hydrogen-bond donors (Lipinski definition) is 4. The van der Waals surface area contributed by atoms with Crippen LogP contribution in [0.25, 0.3) is 0 Å². The molecule has 0 aromatic rings. The summed E-state index contributed by atoms with van der Waals surface area (Å²) >= 11 is 0. The van der Waals surface area contributed by atoms with E-state index in [1.54, 1.807) is 6.08 Å². The van der Waals surface area contributed by atoms with Crippen molar-refractivity contribution in [3.63, 3.8) is 0 Å². The first-order valence-electron chi connectivity index (χ1n) is 8.08. The van der Waals surface area contributed by atoms with Gasteiger partial charge in [-0.15, -0.1) is 0 Å². The van der Waals surface area contributed by atoms with E-state index >= 15 is 0 Å². The van der Waals surface area contributed by atoms with Gasteiger partial charge in [-0.05, 0) is 12.8 Å². The lowest BCUT2D eigenvalue weighted by atomic mass is 10.0. The molecular weight excluding hydrogens is 320 g/mol. The summed E-state index contributed by atoms with van der Waals surface area (Å²) in [6.45, 7) is 0.924. The SMILES string of the molecule is CCCCCCC=CC(CC(=O)OCC(O)O)C(=O)OCC(O)O. The van der Waals surface area contributed by atoms with Crippen molar-refractivity contribution in [3.8, 4) is 0 Å². The van der Waals surface area contributed by atoms with Gasteiger partial charge in [-0.1, -0.05) is 38.3 Å². The standard InChI is InChI=1S/C16H28O8/c1-2-3-4-5-6-7-8-12(16(22)24-11-14(19)20)9-15(21)23-10-13(17)18/h7-8,12-14,17-20H,2-6,9-11H2,1H3. The lowest BCUT2D eigenvalue weighted by Crippen LogP contribution is -2.26. The highest BCUT2D eigenvalue weighted by atomic mass is 16.6. The Bertz CT molecular complexity index is 378. The summed E-state index contributed by atoms with van der Waals surface area (Å²) < 4.78 is 9.28. The van der Waals surface area contributed by atoms with Crippen molar-refractivity contribution in [2.24, 2.45) is 5.92 Å². The van der Waals surface area contributed by atoms with E-state index < -0.39 is 43.7 Å². The molecule has 0 rings (SSSR count). The number of carbonyl (C=O) groups excluding carboxylic acids is 2. The molecule has 8 nitrogen and oxygen atoms in total. The Kier molecular flexibility index (Phi) is 13.1. The highest BCUT2D eigenvalue weighted by Crippen LogP contribution is 2.12. The number of carbonyl (C=O) groups is 2. The minimum Gasteiger partial charge on any atom is -0.460 e. The van der Waals surface area contributed by atoms with E-state index in [2.05, 4.69) is 11.7 Å². The van der Waals surface area contributed by atoms with Gasteiger partial charge in [0.1, 0.15) is 13.2 Å². The zero-order chi connectivity index (χ0) is 18.4. The quantitative estimate of drug-likeness (QED) is 0.161. The molecule has 0 bridgehead atoms. The van der Waals surface area contributed by atoms with Gasteiger partial charge in [0.15, 0.2) is 12.6 Å². The molecule has 0 aliphatic heterocycles. The molecule has 0 radical (unpaired) electrons. The van der Waals surface area contributed by atoms with Crippen molar-refractivity contribution in [1.82, 2.24) is 0 Å². The molecule has 0 spiro atoms. The highest BCUT2D eigenvalue weighted by Gasteiger charge is 2.22. The maximum Gasteiger partial charge on any atom is 0.313 e. The summed E-state index contributed by atoms with van der Waals surface area (Å²) in [4.78, 5) is 23.5. The van der Waals surface area contributed by atoms with E-state index in [4.69, 9.17) is 25.2 Å². The van der Waals surface area contributed by atoms with Crippen molar-refractivity contribution in [2.45, 2.75) is 58.0 Å². The first-order valence-corrected chi connectivity index (χ1v) is 8.08. The summed E-state index contributed by atoms with van der Waals surface area (Å²) in [5, 5.41) is 34.7. The highest BCUT2D eigenvalue weighted by molar-refractivity contribution is 5.81. The van der Waals surface area contributed by atoms with Gasteiger partial charge in [-0.2, -0.15) is 0 Å². The molecule has 0 saturated carbocycles. The van der Waals surface area contributed by atoms with Gasteiger partial charge in [-0.25, -0.2) is 0 Å². The normalized spacial score (nSPS) is 12.8. The summed E-state index contributed by atoms with van der Waals surface area (Å²) in [6, 6.07) is 0. The predicted molar refractivity (Wildman–Crippen MR) is 84.4 cm³/mol. The van der Waals surface area contributed by atoms with E-state index in [-0.39, 0.29) is 6.42 Å². The van der Waals surface area contributed by atoms with Crippen LogP contribution in [-0.4, -0.2) is 58.2 Å². The Labute approximate surface area is 141 Å². The molecule has 24 heavy (non-hydrogen) atoms. The molecule has 0 fully saturated rings. The molecule has 140 valence electrons. The number of esters is 2. The fourth-order valence-electron chi connectivity index (χ4n) is 1.85. The Morgan fingerprint density at radius 3 is 2.17 bits per heavy atom. The lowest BCUT2D eigenvalue weighted by Gasteiger charge is -2.13. The average Bonchev–Trinajstić information content (AvgIpc) is 2.52. The minimum absolute atomic E-state index is 0.335. The minimum atomic E-state index is -1.79. The number of allylic oxidation sites excluding steroid dienone is 1. The molecule has 0 aromatic carbocycles. The molecular formula is C16H28O8. The van der Waals surface area contributed by atoms with E-state index in [1.165, 1.54) is 6.08 Å². The molecule has 8 heteroatoms. The average molecular weight is 348 g/mol. The maximum absolute atomic E-state index is 11.9. The zero-order valence-electron chi connectivity index (χ0n) is 14.0. The van der Waals surface area contributed by atoms with Crippen LogP contribution < -0.4 is 0 Å². The van der Waals surface area contributed by atoms with Crippen LogP contribution in [-0.2, 0) is 19.1 Å². The third-order valence-electron chi connectivity index (χ3n) is 3.05. The topological polar surface area (TPSA) is 134 Å². The van der Waals surface area contributed by atoms with Gasteiger partial charge in [0.05, 0.1) is 12.3 Å². The van der Waals surface area contributed by atoms with Gasteiger partial charge < -0.3 is 29.9 Å².